The summed E-state index contributed by atoms with van der Waals surface area (Å²) < 4.78 is 1.59. The van der Waals surface area contributed by atoms with Crippen LogP contribution >= 0.6 is 0 Å². The molecule has 0 aliphatic heterocycles. The van der Waals surface area contributed by atoms with E-state index < -0.39 is 12.0 Å². The maximum absolute atomic E-state index is 11.0. The summed E-state index contributed by atoms with van der Waals surface area (Å²) in [7, 11) is 1.62. The normalized spacial score (nSPS) is 15.1. The number of hydrogen-bond acceptors (Lipinski definition) is 4. The van der Waals surface area contributed by atoms with Crippen LogP contribution in [0.1, 0.15) is 38.6 Å². The third-order valence-corrected chi connectivity index (χ3v) is 2.52. The molecule has 0 spiro atoms. The van der Waals surface area contributed by atoms with Crippen molar-refractivity contribution in [3.63, 3.8) is 0 Å². The average molecular weight is 226 g/mol. The van der Waals surface area contributed by atoms with E-state index in [1.54, 1.807) is 25.0 Å². The highest BCUT2D eigenvalue weighted by Crippen LogP contribution is 2.13. The van der Waals surface area contributed by atoms with E-state index in [9.17, 15) is 4.79 Å². The summed E-state index contributed by atoms with van der Waals surface area (Å²) in [5.74, 6) is 0.0787. The van der Waals surface area contributed by atoms with Crippen LogP contribution in [-0.4, -0.2) is 38.9 Å². The number of aliphatic carboxylic acids is 1. The summed E-state index contributed by atoms with van der Waals surface area (Å²) in [6.45, 7) is 5.79. The van der Waals surface area contributed by atoms with Gasteiger partial charge < -0.3 is 10.4 Å². The lowest BCUT2D eigenvalue weighted by Crippen LogP contribution is -2.40. The topological polar surface area (TPSA) is 80.0 Å². The second-order valence-corrected chi connectivity index (χ2v) is 4.08. The van der Waals surface area contributed by atoms with Gasteiger partial charge in [-0.3, -0.25) is 4.79 Å². The summed E-state index contributed by atoms with van der Waals surface area (Å²) in [5, 5.41) is 16.0. The predicted molar refractivity (Wildman–Crippen MR) is 59.3 cm³/mol. The number of nitrogens with one attached hydrogen (secondary N) is 1. The molecule has 1 aromatic rings. The Balaban J connectivity index is 2.86. The molecule has 1 aromatic heterocycles. The minimum Gasteiger partial charge on any atom is -0.480 e. The molecule has 90 valence electrons. The van der Waals surface area contributed by atoms with Gasteiger partial charge in [-0.15, -0.1) is 0 Å². The van der Waals surface area contributed by atoms with Crippen molar-refractivity contribution >= 4 is 5.97 Å². The van der Waals surface area contributed by atoms with Crippen molar-refractivity contribution in [3.8, 4) is 0 Å². The summed E-state index contributed by atoms with van der Waals surface area (Å²) >= 11 is 0. The number of carboxylic acid groups (broad SMARTS) is 1. The van der Waals surface area contributed by atoms with E-state index in [1.165, 1.54) is 0 Å². The molecule has 0 aliphatic rings. The second-order valence-electron chi connectivity index (χ2n) is 4.08. The van der Waals surface area contributed by atoms with Crippen molar-refractivity contribution in [2.24, 2.45) is 0 Å². The van der Waals surface area contributed by atoms with Crippen molar-refractivity contribution in [1.29, 1.82) is 0 Å². The Hall–Kier alpha value is -1.43. The number of carbonyl (C=O) groups is 1. The van der Waals surface area contributed by atoms with Gasteiger partial charge in [-0.1, -0.05) is 13.8 Å². The number of rotatable bonds is 5. The lowest BCUT2D eigenvalue weighted by Gasteiger charge is -2.19. The molecule has 0 aliphatic carbocycles. The minimum absolute atomic E-state index is 0.242. The van der Waals surface area contributed by atoms with Crippen LogP contribution in [0, 0.1) is 0 Å². The second kappa shape index (κ2) is 5.07. The van der Waals surface area contributed by atoms with E-state index in [-0.39, 0.29) is 12.0 Å². The minimum atomic E-state index is -0.892. The van der Waals surface area contributed by atoms with Gasteiger partial charge in [0, 0.05) is 5.92 Å². The molecule has 2 unspecified atom stereocenters. The van der Waals surface area contributed by atoms with Crippen LogP contribution in [0.4, 0.5) is 0 Å². The average Bonchev–Trinajstić information content (AvgIpc) is 2.66. The number of nitrogens with zero attached hydrogens (tertiary/aromatic N) is 3. The van der Waals surface area contributed by atoms with Gasteiger partial charge in [0.05, 0.1) is 6.04 Å². The standard InChI is InChI=1S/C10H18N4O2/c1-6(2)9-12-5-14(13-9)7(3)8(11-4)10(15)16/h5-8,11H,1-4H3,(H,15,16). The number of likely N-dealkylation sites (N-methyl/N-ethyl adjacent to an activating group) is 1. The highest BCUT2D eigenvalue weighted by atomic mass is 16.4. The van der Waals surface area contributed by atoms with Gasteiger partial charge in [0.15, 0.2) is 5.82 Å². The molecule has 2 N–H and O–H groups in total. The highest BCUT2D eigenvalue weighted by Gasteiger charge is 2.25. The first-order valence-electron chi connectivity index (χ1n) is 5.28. The monoisotopic (exact) mass is 226 g/mol. The largest absolute Gasteiger partial charge is 0.480 e. The van der Waals surface area contributed by atoms with Gasteiger partial charge in [-0.05, 0) is 14.0 Å². The molecule has 16 heavy (non-hydrogen) atoms. The van der Waals surface area contributed by atoms with E-state index >= 15 is 0 Å². The van der Waals surface area contributed by atoms with E-state index in [4.69, 9.17) is 5.11 Å². The lowest BCUT2D eigenvalue weighted by molar-refractivity contribution is -0.140. The number of hydrogen-bond donors (Lipinski definition) is 2. The van der Waals surface area contributed by atoms with Crippen LogP contribution in [0.25, 0.3) is 0 Å². The SMILES string of the molecule is CNC(C(=O)O)C(C)n1cnc(C(C)C)n1. The fraction of sp³-hybridized carbons (Fsp3) is 0.700. The zero-order valence-corrected chi connectivity index (χ0v) is 10.0. The van der Waals surface area contributed by atoms with E-state index in [1.807, 2.05) is 13.8 Å². The maximum Gasteiger partial charge on any atom is 0.322 e. The molecule has 0 radical (unpaired) electrons. The molecule has 0 saturated carbocycles. The number of carboxylic acids is 1. The predicted octanol–water partition coefficient (Wildman–Crippen LogP) is 0.635. The van der Waals surface area contributed by atoms with Gasteiger partial charge in [-0.2, -0.15) is 5.10 Å². The quantitative estimate of drug-likeness (QED) is 0.770. The zero-order valence-electron chi connectivity index (χ0n) is 10.0. The van der Waals surface area contributed by atoms with Gasteiger partial charge in [0.2, 0.25) is 0 Å². The van der Waals surface area contributed by atoms with Gasteiger partial charge in [0.1, 0.15) is 12.4 Å². The van der Waals surface area contributed by atoms with Crippen LogP contribution in [0.2, 0.25) is 0 Å². The molecule has 1 rings (SSSR count). The Kier molecular flexibility index (Phi) is 4.00. The molecular weight excluding hydrogens is 208 g/mol. The Bertz CT molecular complexity index is 361. The third-order valence-electron chi connectivity index (χ3n) is 2.52. The molecule has 6 nitrogen and oxygen atoms in total. The third kappa shape index (κ3) is 2.57. The Morgan fingerprint density at radius 2 is 2.12 bits per heavy atom. The first-order chi connectivity index (χ1) is 7.47. The number of aromatic nitrogens is 3. The van der Waals surface area contributed by atoms with Crippen LogP contribution in [0.15, 0.2) is 6.33 Å². The Morgan fingerprint density at radius 1 is 1.50 bits per heavy atom. The molecule has 0 bridgehead atoms. The summed E-state index contributed by atoms with van der Waals surface area (Å²) in [6, 6.07) is -0.941. The van der Waals surface area contributed by atoms with Crippen molar-refractivity contribution < 1.29 is 9.90 Å². The van der Waals surface area contributed by atoms with Crippen molar-refractivity contribution in [2.45, 2.75) is 38.8 Å². The molecular formula is C10H18N4O2. The fourth-order valence-corrected chi connectivity index (χ4v) is 1.47. The lowest BCUT2D eigenvalue weighted by atomic mass is 10.1. The molecule has 2 atom stereocenters. The zero-order chi connectivity index (χ0) is 12.3. The molecule has 0 amide bonds. The van der Waals surface area contributed by atoms with Crippen LogP contribution in [0.5, 0.6) is 0 Å². The molecule has 0 saturated heterocycles. The molecule has 6 heteroatoms. The van der Waals surface area contributed by atoms with Crippen molar-refractivity contribution in [2.75, 3.05) is 7.05 Å². The highest BCUT2D eigenvalue weighted by molar-refractivity contribution is 5.74. The van der Waals surface area contributed by atoms with Crippen molar-refractivity contribution in [3.05, 3.63) is 12.2 Å². The van der Waals surface area contributed by atoms with Crippen molar-refractivity contribution in [1.82, 2.24) is 20.1 Å². The van der Waals surface area contributed by atoms with Crippen LogP contribution in [0.3, 0.4) is 0 Å². The fourth-order valence-electron chi connectivity index (χ4n) is 1.47. The maximum atomic E-state index is 11.0. The molecule has 0 aromatic carbocycles. The van der Waals surface area contributed by atoms with Gasteiger partial charge in [0.25, 0.3) is 0 Å². The Labute approximate surface area is 94.7 Å². The summed E-state index contributed by atoms with van der Waals surface area (Å²) in [4.78, 5) is 15.1. The van der Waals surface area contributed by atoms with E-state index in [2.05, 4.69) is 15.4 Å². The molecule has 0 fully saturated rings. The van der Waals surface area contributed by atoms with Gasteiger partial charge >= 0.3 is 5.97 Å². The summed E-state index contributed by atoms with van der Waals surface area (Å²) in [6.07, 6.45) is 1.58. The van der Waals surface area contributed by atoms with Crippen LogP contribution < -0.4 is 5.32 Å². The van der Waals surface area contributed by atoms with Gasteiger partial charge in [-0.25, -0.2) is 9.67 Å². The first-order valence-corrected chi connectivity index (χ1v) is 5.28. The van der Waals surface area contributed by atoms with E-state index in [0.717, 1.165) is 5.82 Å². The molecule has 1 heterocycles. The summed E-state index contributed by atoms with van der Waals surface area (Å²) in [5.41, 5.74) is 0. The van der Waals surface area contributed by atoms with Crippen LogP contribution in [-0.2, 0) is 4.79 Å². The first kappa shape index (κ1) is 12.6. The smallest absolute Gasteiger partial charge is 0.322 e. The Morgan fingerprint density at radius 3 is 2.50 bits per heavy atom. The van der Waals surface area contributed by atoms with E-state index in [0.29, 0.717) is 0 Å².